The molecule has 0 aliphatic carbocycles. The van der Waals surface area contributed by atoms with Crippen molar-refractivity contribution in [1.29, 1.82) is 0 Å². The van der Waals surface area contributed by atoms with Gasteiger partial charge in [0.05, 0.1) is 5.69 Å². The highest BCUT2D eigenvalue weighted by molar-refractivity contribution is 7.16. The van der Waals surface area contributed by atoms with Gasteiger partial charge in [-0.25, -0.2) is 9.78 Å². The first-order valence-corrected chi connectivity index (χ1v) is 11.0. The fourth-order valence-corrected chi connectivity index (χ4v) is 4.19. The number of hydrogen-bond acceptors (Lipinski definition) is 5. The summed E-state index contributed by atoms with van der Waals surface area (Å²) >= 11 is 7.83. The van der Waals surface area contributed by atoms with Gasteiger partial charge in [0, 0.05) is 21.2 Å². The molecule has 0 unspecified atom stereocenters. The van der Waals surface area contributed by atoms with Crippen molar-refractivity contribution in [3.63, 3.8) is 0 Å². The van der Waals surface area contributed by atoms with Crippen LogP contribution < -0.4 is 5.32 Å². The molecule has 1 aromatic heterocycles. The quantitative estimate of drug-likeness (QED) is 0.350. The summed E-state index contributed by atoms with van der Waals surface area (Å²) < 4.78 is 0. The fourth-order valence-electron chi connectivity index (χ4n) is 2.79. The maximum atomic E-state index is 11.2. The number of aromatic nitrogens is 1. The predicted molar refractivity (Wildman–Crippen MR) is 126 cm³/mol. The molecule has 0 aliphatic rings. The second kappa shape index (κ2) is 10.5. The maximum Gasteiger partial charge on any atom is 0.339 e. The second-order valence-corrected chi connectivity index (χ2v) is 8.51. The summed E-state index contributed by atoms with van der Waals surface area (Å²) in [4.78, 5) is 17.1. The van der Waals surface area contributed by atoms with Gasteiger partial charge in [-0.15, -0.1) is 11.3 Å². The normalized spacial score (nSPS) is 10.5. The van der Waals surface area contributed by atoms with Crippen molar-refractivity contribution in [1.82, 2.24) is 4.98 Å². The van der Waals surface area contributed by atoms with E-state index >= 15 is 0 Å². The topological polar surface area (TPSA) is 82.5 Å². The summed E-state index contributed by atoms with van der Waals surface area (Å²) in [5.74, 6) is -0.997. The molecule has 0 saturated heterocycles. The number of aromatic carboxylic acids is 1. The van der Waals surface area contributed by atoms with Crippen LogP contribution in [-0.2, 0) is 6.42 Å². The summed E-state index contributed by atoms with van der Waals surface area (Å²) in [7, 11) is 0. The summed E-state index contributed by atoms with van der Waals surface area (Å²) in [6.45, 7) is 10.3. The minimum atomic E-state index is -1.18. The Hall–Kier alpha value is -2.57. The Bertz CT molecular complexity index is 1030. The third-order valence-corrected chi connectivity index (χ3v) is 5.61. The molecule has 1 heterocycles. The number of benzene rings is 2. The number of anilines is 2. The zero-order chi connectivity index (χ0) is 22.4. The molecule has 0 saturated carbocycles. The van der Waals surface area contributed by atoms with Gasteiger partial charge < -0.3 is 15.5 Å². The molecule has 0 atom stereocenters. The number of carbonyl (C=O) groups is 1. The molecule has 0 spiro atoms. The molecule has 30 heavy (non-hydrogen) atoms. The van der Waals surface area contributed by atoms with E-state index < -0.39 is 5.97 Å². The number of halogens is 1. The molecule has 5 nitrogen and oxygen atoms in total. The smallest absolute Gasteiger partial charge is 0.339 e. The molecular formula is C23H27ClN2O3S. The molecule has 0 bridgehead atoms. The second-order valence-electron chi connectivity index (χ2n) is 7.01. The number of rotatable bonds is 6. The summed E-state index contributed by atoms with van der Waals surface area (Å²) in [6.07, 6.45) is 0.871. The van der Waals surface area contributed by atoms with Crippen molar-refractivity contribution < 1.29 is 15.0 Å². The van der Waals surface area contributed by atoms with Gasteiger partial charge in [0.15, 0.2) is 5.13 Å². The molecule has 160 valence electrons. The Kier molecular flexibility index (Phi) is 8.26. The summed E-state index contributed by atoms with van der Waals surface area (Å²) in [5.41, 5.74) is 3.23. The van der Waals surface area contributed by atoms with Crippen molar-refractivity contribution >= 4 is 39.7 Å². The van der Waals surface area contributed by atoms with Crippen molar-refractivity contribution in [3.05, 3.63) is 57.4 Å². The van der Waals surface area contributed by atoms with Crippen molar-refractivity contribution in [2.24, 2.45) is 5.92 Å². The van der Waals surface area contributed by atoms with E-state index in [0.717, 1.165) is 28.1 Å². The molecule has 3 N–H and O–H groups in total. The van der Waals surface area contributed by atoms with E-state index in [1.807, 2.05) is 39.0 Å². The molecule has 7 heteroatoms. The fraction of sp³-hybridized carbons (Fsp3) is 0.304. The van der Waals surface area contributed by atoms with Gasteiger partial charge in [-0.2, -0.15) is 0 Å². The van der Waals surface area contributed by atoms with E-state index in [0.29, 0.717) is 21.8 Å². The monoisotopic (exact) mass is 446 g/mol. The van der Waals surface area contributed by atoms with Gasteiger partial charge in [0.25, 0.3) is 0 Å². The minimum absolute atomic E-state index is 0.158. The van der Waals surface area contributed by atoms with Crippen LogP contribution in [0.4, 0.5) is 10.8 Å². The zero-order valence-electron chi connectivity index (χ0n) is 17.8. The van der Waals surface area contributed by atoms with Crippen molar-refractivity contribution in [2.75, 3.05) is 5.32 Å². The van der Waals surface area contributed by atoms with E-state index in [2.05, 4.69) is 19.2 Å². The van der Waals surface area contributed by atoms with Crippen LogP contribution in [0.25, 0.3) is 11.3 Å². The van der Waals surface area contributed by atoms with Gasteiger partial charge in [-0.05, 0) is 49.1 Å². The zero-order valence-corrected chi connectivity index (χ0v) is 19.4. The maximum absolute atomic E-state index is 11.2. The predicted octanol–water partition coefficient (Wildman–Crippen LogP) is 7.14. The van der Waals surface area contributed by atoms with Gasteiger partial charge in [-0.1, -0.05) is 51.4 Å². The van der Waals surface area contributed by atoms with Gasteiger partial charge >= 0.3 is 5.97 Å². The Morgan fingerprint density at radius 3 is 2.50 bits per heavy atom. The number of nitrogens with zero attached hydrogens (tertiary/aromatic N) is 1. The van der Waals surface area contributed by atoms with Crippen LogP contribution in [0, 0.1) is 12.8 Å². The van der Waals surface area contributed by atoms with E-state index in [1.54, 1.807) is 6.07 Å². The standard InChI is InChI=1S/C21H21ClN2O3S.C2H6/c1-11(2)8-18-19(13-5-4-12(3)16(22)9-13)24-21(28-18)23-14-6-7-17(25)15(10-14)20(26)27;1-2/h4-7,9-11,25H,8H2,1-3H3,(H,23,24)(H,26,27);1-2H3. The third kappa shape index (κ3) is 5.74. The van der Waals surface area contributed by atoms with Crippen LogP contribution in [0.15, 0.2) is 36.4 Å². The minimum Gasteiger partial charge on any atom is -0.507 e. The molecule has 0 radical (unpaired) electrons. The Morgan fingerprint density at radius 1 is 1.20 bits per heavy atom. The number of hydrogen-bond donors (Lipinski definition) is 3. The average Bonchev–Trinajstić information content (AvgIpc) is 3.08. The summed E-state index contributed by atoms with van der Waals surface area (Å²) in [6, 6.07) is 10.3. The average molecular weight is 447 g/mol. The highest BCUT2D eigenvalue weighted by Crippen LogP contribution is 2.36. The third-order valence-electron chi connectivity index (χ3n) is 4.21. The first-order chi connectivity index (χ1) is 14.2. The van der Waals surface area contributed by atoms with Crippen LogP contribution in [0.1, 0.15) is 48.5 Å². The number of phenols is 1. The van der Waals surface area contributed by atoms with E-state index in [4.69, 9.17) is 16.6 Å². The number of aryl methyl sites for hydroxylation is 1. The number of nitrogens with one attached hydrogen (secondary N) is 1. The van der Waals surface area contributed by atoms with Crippen LogP contribution in [-0.4, -0.2) is 21.2 Å². The molecule has 0 fully saturated rings. The molecule has 3 rings (SSSR count). The first kappa shape index (κ1) is 23.7. The highest BCUT2D eigenvalue weighted by atomic mass is 35.5. The number of aromatic hydroxyl groups is 1. The first-order valence-electron chi connectivity index (χ1n) is 9.84. The van der Waals surface area contributed by atoms with E-state index in [-0.39, 0.29) is 11.3 Å². The van der Waals surface area contributed by atoms with Gasteiger partial charge in [-0.3, -0.25) is 0 Å². The lowest BCUT2D eigenvalue weighted by Gasteiger charge is -2.06. The molecule has 2 aromatic carbocycles. The van der Waals surface area contributed by atoms with Crippen molar-refractivity contribution in [2.45, 2.75) is 41.0 Å². The number of carboxylic acids is 1. The SMILES string of the molecule is CC.Cc1ccc(-c2nc(Nc3ccc(O)c(C(=O)O)c3)sc2CC(C)C)cc1Cl. The van der Waals surface area contributed by atoms with Crippen LogP contribution in [0.3, 0.4) is 0 Å². The lowest BCUT2D eigenvalue weighted by Crippen LogP contribution is -1.98. The Labute approximate surface area is 186 Å². The van der Waals surface area contributed by atoms with Gasteiger partial charge in [0.2, 0.25) is 0 Å². The van der Waals surface area contributed by atoms with Crippen molar-refractivity contribution in [3.8, 4) is 17.0 Å². The number of thiazole rings is 1. The molecule has 0 amide bonds. The molecular weight excluding hydrogens is 420 g/mol. The Balaban J connectivity index is 0.00000155. The van der Waals surface area contributed by atoms with E-state index in [9.17, 15) is 15.0 Å². The van der Waals surface area contributed by atoms with Gasteiger partial charge in [0.1, 0.15) is 11.3 Å². The molecule has 3 aromatic rings. The number of carboxylic acid groups (broad SMARTS) is 1. The lowest BCUT2D eigenvalue weighted by molar-refractivity contribution is 0.0694. The lowest BCUT2D eigenvalue weighted by atomic mass is 10.0. The van der Waals surface area contributed by atoms with Crippen LogP contribution >= 0.6 is 22.9 Å². The highest BCUT2D eigenvalue weighted by Gasteiger charge is 2.16. The summed E-state index contributed by atoms with van der Waals surface area (Å²) in [5, 5.41) is 23.4. The van der Waals surface area contributed by atoms with Crippen LogP contribution in [0.2, 0.25) is 5.02 Å². The largest absolute Gasteiger partial charge is 0.507 e. The Morgan fingerprint density at radius 2 is 1.90 bits per heavy atom. The van der Waals surface area contributed by atoms with E-state index in [1.165, 1.54) is 23.5 Å². The molecule has 0 aliphatic heterocycles. The van der Waals surface area contributed by atoms with Crippen LogP contribution in [0.5, 0.6) is 5.75 Å².